The van der Waals surface area contributed by atoms with Gasteiger partial charge < -0.3 is 10.1 Å². The van der Waals surface area contributed by atoms with Crippen LogP contribution in [0.2, 0.25) is 0 Å². The highest BCUT2D eigenvalue weighted by molar-refractivity contribution is 7.80. The lowest BCUT2D eigenvalue weighted by Crippen LogP contribution is -2.41. The molecule has 0 unspecified atom stereocenters. The lowest BCUT2D eigenvalue weighted by atomic mass is 10.5. The number of rotatable bonds is 4. The Hall–Kier alpha value is -1.96. The SMILES string of the molecule is CCOC(=O)NC(=S)NCCn1ncccc1=O. The first-order chi connectivity index (χ1) is 8.63. The Labute approximate surface area is 109 Å². The van der Waals surface area contributed by atoms with Crippen LogP contribution in [0.1, 0.15) is 6.92 Å². The van der Waals surface area contributed by atoms with E-state index in [1.54, 1.807) is 13.0 Å². The highest BCUT2D eigenvalue weighted by atomic mass is 32.1. The molecule has 1 heterocycles. The summed E-state index contributed by atoms with van der Waals surface area (Å²) in [6.45, 7) is 2.70. The minimum Gasteiger partial charge on any atom is -0.450 e. The average molecular weight is 270 g/mol. The zero-order valence-electron chi connectivity index (χ0n) is 9.88. The number of carbonyl (C=O) groups excluding carboxylic acids is 1. The van der Waals surface area contributed by atoms with Gasteiger partial charge in [-0.3, -0.25) is 10.1 Å². The summed E-state index contributed by atoms with van der Waals surface area (Å²) in [5, 5.41) is 9.13. The molecule has 1 amide bonds. The smallest absolute Gasteiger partial charge is 0.413 e. The van der Waals surface area contributed by atoms with Gasteiger partial charge in [0, 0.05) is 18.8 Å². The maximum atomic E-state index is 11.3. The van der Waals surface area contributed by atoms with Gasteiger partial charge >= 0.3 is 6.09 Å². The largest absolute Gasteiger partial charge is 0.450 e. The van der Waals surface area contributed by atoms with E-state index in [4.69, 9.17) is 12.2 Å². The van der Waals surface area contributed by atoms with Crippen LogP contribution in [0.4, 0.5) is 4.79 Å². The van der Waals surface area contributed by atoms with Crippen molar-refractivity contribution in [2.75, 3.05) is 13.2 Å². The maximum absolute atomic E-state index is 11.3. The van der Waals surface area contributed by atoms with E-state index < -0.39 is 6.09 Å². The number of thiocarbonyl (C=S) groups is 1. The van der Waals surface area contributed by atoms with E-state index in [9.17, 15) is 9.59 Å². The van der Waals surface area contributed by atoms with Crippen molar-refractivity contribution in [3.05, 3.63) is 28.7 Å². The summed E-state index contributed by atoms with van der Waals surface area (Å²) >= 11 is 4.86. The fourth-order valence-electron chi connectivity index (χ4n) is 1.13. The van der Waals surface area contributed by atoms with Gasteiger partial charge in [-0.2, -0.15) is 5.10 Å². The molecule has 8 heteroatoms. The first-order valence-electron chi connectivity index (χ1n) is 5.37. The predicted octanol–water partition coefficient (Wildman–Crippen LogP) is -0.136. The normalized spacial score (nSPS) is 9.61. The molecule has 2 N–H and O–H groups in total. The molecule has 1 rings (SSSR count). The third-order valence-electron chi connectivity index (χ3n) is 1.89. The molecule has 98 valence electrons. The van der Waals surface area contributed by atoms with Gasteiger partial charge in [-0.15, -0.1) is 0 Å². The Balaban J connectivity index is 2.30. The van der Waals surface area contributed by atoms with Gasteiger partial charge in [-0.05, 0) is 25.2 Å². The summed E-state index contributed by atoms with van der Waals surface area (Å²) in [5.74, 6) is 0. The van der Waals surface area contributed by atoms with Gasteiger partial charge in [0.05, 0.1) is 13.2 Å². The van der Waals surface area contributed by atoms with E-state index in [-0.39, 0.29) is 17.3 Å². The Morgan fingerprint density at radius 2 is 2.39 bits per heavy atom. The van der Waals surface area contributed by atoms with Crippen LogP contribution in [-0.2, 0) is 11.3 Å². The molecule has 1 aromatic heterocycles. The Morgan fingerprint density at radius 3 is 3.06 bits per heavy atom. The molecule has 0 spiro atoms. The van der Waals surface area contributed by atoms with Crippen LogP contribution in [-0.4, -0.2) is 34.1 Å². The number of hydrogen-bond donors (Lipinski definition) is 2. The number of nitrogens with one attached hydrogen (secondary N) is 2. The van der Waals surface area contributed by atoms with E-state index in [1.807, 2.05) is 0 Å². The molecule has 0 saturated heterocycles. The molecular weight excluding hydrogens is 256 g/mol. The molecule has 18 heavy (non-hydrogen) atoms. The Kier molecular flexibility index (Phi) is 5.78. The quantitative estimate of drug-likeness (QED) is 0.741. The van der Waals surface area contributed by atoms with E-state index in [0.29, 0.717) is 13.1 Å². The van der Waals surface area contributed by atoms with Crippen molar-refractivity contribution >= 4 is 23.4 Å². The van der Waals surface area contributed by atoms with E-state index in [2.05, 4.69) is 20.5 Å². The van der Waals surface area contributed by atoms with Crippen LogP contribution in [0.25, 0.3) is 0 Å². The van der Waals surface area contributed by atoms with Crippen LogP contribution in [0, 0.1) is 0 Å². The standard InChI is InChI=1S/C10H14N4O3S/c1-2-17-10(16)13-9(18)11-6-7-14-8(15)4-3-5-12-14/h3-5H,2,6-7H2,1H3,(H2,11,13,16,18). The molecule has 0 atom stereocenters. The van der Waals surface area contributed by atoms with Crippen LogP contribution < -0.4 is 16.2 Å². The minimum atomic E-state index is -0.606. The molecule has 0 fully saturated rings. The van der Waals surface area contributed by atoms with Crippen molar-refractivity contribution in [1.82, 2.24) is 20.4 Å². The second-order valence-electron chi connectivity index (χ2n) is 3.19. The average Bonchev–Trinajstić information content (AvgIpc) is 2.31. The molecule has 7 nitrogen and oxygen atoms in total. The molecule has 0 aliphatic heterocycles. The molecule has 0 saturated carbocycles. The summed E-state index contributed by atoms with van der Waals surface area (Å²) in [6, 6.07) is 2.99. The molecule has 0 aliphatic rings. The van der Waals surface area contributed by atoms with Gasteiger partial charge in [0.2, 0.25) is 0 Å². The van der Waals surface area contributed by atoms with Crippen molar-refractivity contribution in [1.29, 1.82) is 0 Å². The van der Waals surface area contributed by atoms with Crippen molar-refractivity contribution in [3.8, 4) is 0 Å². The third-order valence-corrected chi connectivity index (χ3v) is 2.13. The molecule has 0 aromatic carbocycles. The molecule has 1 aromatic rings. The summed E-state index contributed by atoms with van der Waals surface area (Å²) in [5.41, 5.74) is -0.191. The van der Waals surface area contributed by atoms with Crippen LogP contribution >= 0.6 is 12.2 Å². The van der Waals surface area contributed by atoms with Crippen molar-refractivity contribution in [2.45, 2.75) is 13.5 Å². The number of nitrogens with zero attached hydrogens (tertiary/aromatic N) is 2. The second-order valence-corrected chi connectivity index (χ2v) is 3.59. The number of alkyl carbamates (subject to hydrolysis) is 1. The van der Waals surface area contributed by atoms with Crippen molar-refractivity contribution in [2.24, 2.45) is 0 Å². The number of ether oxygens (including phenoxy) is 1. The lowest BCUT2D eigenvalue weighted by molar-refractivity contribution is 0.157. The summed E-state index contributed by atoms with van der Waals surface area (Å²) in [4.78, 5) is 22.3. The maximum Gasteiger partial charge on any atom is 0.413 e. The van der Waals surface area contributed by atoms with Gasteiger partial charge in [-0.1, -0.05) is 0 Å². The highest BCUT2D eigenvalue weighted by Gasteiger charge is 2.03. The fraction of sp³-hybridized carbons (Fsp3) is 0.400. The van der Waals surface area contributed by atoms with Gasteiger partial charge in [0.1, 0.15) is 0 Å². The molecule has 0 aliphatic carbocycles. The second kappa shape index (κ2) is 7.38. The Bertz CT molecular complexity index is 474. The van der Waals surface area contributed by atoms with Crippen LogP contribution in [0.5, 0.6) is 0 Å². The highest BCUT2D eigenvalue weighted by Crippen LogP contribution is 1.79. The van der Waals surface area contributed by atoms with Crippen molar-refractivity contribution in [3.63, 3.8) is 0 Å². The van der Waals surface area contributed by atoms with Crippen LogP contribution in [0.15, 0.2) is 23.1 Å². The van der Waals surface area contributed by atoms with Gasteiger partial charge in [0.15, 0.2) is 5.11 Å². The number of amides is 1. The number of carbonyl (C=O) groups is 1. The van der Waals surface area contributed by atoms with E-state index in [1.165, 1.54) is 16.9 Å². The summed E-state index contributed by atoms with van der Waals surface area (Å²) in [6.07, 6.45) is 0.918. The topological polar surface area (TPSA) is 85.2 Å². The molecular formula is C10H14N4O3S. The number of hydrogen-bond acceptors (Lipinski definition) is 5. The third kappa shape index (κ3) is 4.91. The minimum absolute atomic E-state index is 0.150. The van der Waals surface area contributed by atoms with E-state index >= 15 is 0 Å². The van der Waals surface area contributed by atoms with Crippen molar-refractivity contribution < 1.29 is 9.53 Å². The molecule has 0 bridgehead atoms. The molecule has 0 radical (unpaired) electrons. The monoisotopic (exact) mass is 270 g/mol. The lowest BCUT2D eigenvalue weighted by Gasteiger charge is -2.09. The fourth-order valence-corrected chi connectivity index (χ4v) is 1.32. The summed E-state index contributed by atoms with van der Waals surface area (Å²) < 4.78 is 5.94. The predicted molar refractivity (Wildman–Crippen MR) is 69.3 cm³/mol. The first kappa shape index (κ1) is 14.1. The summed E-state index contributed by atoms with van der Waals surface area (Å²) in [7, 11) is 0. The Morgan fingerprint density at radius 1 is 1.61 bits per heavy atom. The first-order valence-corrected chi connectivity index (χ1v) is 5.78. The van der Waals surface area contributed by atoms with E-state index in [0.717, 1.165) is 0 Å². The van der Waals surface area contributed by atoms with Gasteiger partial charge in [0.25, 0.3) is 5.56 Å². The van der Waals surface area contributed by atoms with Crippen LogP contribution in [0.3, 0.4) is 0 Å². The van der Waals surface area contributed by atoms with Gasteiger partial charge in [-0.25, -0.2) is 9.48 Å². The zero-order valence-corrected chi connectivity index (χ0v) is 10.7. The zero-order chi connectivity index (χ0) is 13.4. The number of aromatic nitrogens is 2.